The minimum Gasteiger partial charge on any atom is -0.496 e. The van der Waals surface area contributed by atoms with Gasteiger partial charge in [0, 0.05) is 29.6 Å². The van der Waals surface area contributed by atoms with E-state index in [1.54, 1.807) is 23.8 Å². The fraction of sp³-hybridized carbons (Fsp3) is 0.593. The van der Waals surface area contributed by atoms with E-state index in [0.717, 1.165) is 54.3 Å². The summed E-state index contributed by atoms with van der Waals surface area (Å²) < 4.78 is 7.70. The van der Waals surface area contributed by atoms with Crippen molar-refractivity contribution >= 4 is 29.4 Å². The van der Waals surface area contributed by atoms with Crippen LogP contribution in [-0.2, 0) is 20.5 Å². The van der Waals surface area contributed by atoms with Gasteiger partial charge >= 0.3 is 0 Å². The van der Waals surface area contributed by atoms with Gasteiger partial charge in [-0.3, -0.25) is 14.5 Å². The molecule has 190 valence electrons. The topological polar surface area (TPSA) is 67.7 Å². The summed E-state index contributed by atoms with van der Waals surface area (Å²) in [5.74, 6) is 1.74. The third-order valence-electron chi connectivity index (χ3n) is 6.61. The Morgan fingerprint density at radius 2 is 1.77 bits per heavy atom. The Labute approximate surface area is 213 Å². The Hall–Kier alpha value is -2.48. The number of ether oxygens (including phenoxy) is 1. The van der Waals surface area contributed by atoms with E-state index < -0.39 is 0 Å². The minimum atomic E-state index is -0.386. The summed E-state index contributed by atoms with van der Waals surface area (Å²) in [5.41, 5.74) is 2.31. The van der Waals surface area contributed by atoms with Crippen LogP contribution in [-0.4, -0.2) is 59.0 Å². The maximum atomic E-state index is 13.7. The zero-order chi connectivity index (χ0) is 25.5. The number of likely N-dealkylation sites (tertiary alicyclic amines) is 1. The summed E-state index contributed by atoms with van der Waals surface area (Å²) in [6.45, 7) is 14.3. The Morgan fingerprint density at radius 1 is 1.11 bits per heavy atom. The number of anilines is 1. The van der Waals surface area contributed by atoms with Crippen LogP contribution in [0.3, 0.4) is 0 Å². The van der Waals surface area contributed by atoms with Crippen molar-refractivity contribution in [2.45, 2.75) is 70.6 Å². The molecule has 1 fully saturated rings. The lowest BCUT2D eigenvalue weighted by molar-refractivity contribution is -0.130. The molecule has 0 saturated carbocycles. The monoisotopic (exact) mass is 498 g/mol. The first-order valence-electron chi connectivity index (χ1n) is 12.4. The number of thioether (sulfide) groups is 1. The third kappa shape index (κ3) is 4.95. The Kier molecular flexibility index (Phi) is 6.97. The number of nitrogens with zero attached hydrogens (tertiary/aromatic N) is 4. The first kappa shape index (κ1) is 25.6. The standard InChI is InChI=1S/C27H38N4O3S/c1-26(2,3)24-22-23(18-12-8-9-13-19(18)34-7)35-17-21(33)30(16-20(32)29-14-10-11-15-29)25(22)31(28-24)27(4,5)6/h8-9,12-13,23H,10-11,14-17H2,1-7H3/t23-/m1/s1. The van der Waals surface area contributed by atoms with E-state index in [2.05, 4.69) is 47.6 Å². The van der Waals surface area contributed by atoms with E-state index in [4.69, 9.17) is 9.84 Å². The van der Waals surface area contributed by atoms with Crippen LogP contribution in [0.1, 0.15) is 76.5 Å². The number of hydrogen-bond donors (Lipinski definition) is 0. The van der Waals surface area contributed by atoms with Crippen molar-refractivity contribution in [3.8, 4) is 5.75 Å². The molecule has 2 aliphatic rings. The van der Waals surface area contributed by atoms with Crippen LogP contribution < -0.4 is 9.64 Å². The molecule has 1 aromatic heterocycles. The van der Waals surface area contributed by atoms with Crippen LogP contribution >= 0.6 is 11.8 Å². The van der Waals surface area contributed by atoms with Crippen molar-refractivity contribution in [1.29, 1.82) is 0 Å². The molecule has 3 heterocycles. The van der Waals surface area contributed by atoms with Crippen LogP contribution in [0.2, 0.25) is 0 Å². The minimum absolute atomic E-state index is 0.00140. The predicted octanol–water partition coefficient (Wildman–Crippen LogP) is 4.74. The van der Waals surface area contributed by atoms with Gasteiger partial charge in [-0.1, -0.05) is 39.0 Å². The van der Waals surface area contributed by atoms with E-state index in [0.29, 0.717) is 0 Å². The van der Waals surface area contributed by atoms with Crippen LogP contribution in [0.4, 0.5) is 5.82 Å². The lowest BCUT2D eigenvalue weighted by Gasteiger charge is -2.30. The highest BCUT2D eigenvalue weighted by atomic mass is 32.2. The number of carbonyl (C=O) groups is 2. The van der Waals surface area contributed by atoms with Gasteiger partial charge in [0.15, 0.2) is 0 Å². The Balaban J connectivity index is 1.96. The first-order valence-corrected chi connectivity index (χ1v) is 13.4. The second-order valence-corrected chi connectivity index (χ2v) is 12.5. The summed E-state index contributed by atoms with van der Waals surface area (Å²) in [4.78, 5) is 30.5. The van der Waals surface area contributed by atoms with Gasteiger partial charge in [-0.15, -0.1) is 11.8 Å². The molecule has 2 aromatic rings. The number of benzene rings is 1. The molecule has 8 heteroatoms. The van der Waals surface area contributed by atoms with Crippen LogP contribution in [0.25, 0.3) is 0 Å². The van der Waals surface area contributed by atoms with Crippen LogP contribution in [0.15, 0.2) is 24.3 Å². The SMILES string of the molecule is COc1ccccc1[C@H]1SCC(=O)N(CC(=O)N2CCCC2)c2c1c(C(C)(C)C)nn2C(C)(C)C. The molecule has 0 unspecified atom stereocenters. The lowest BCUT2D eigenvalue weighted by atomic mass is 9.87. The molecule has 2 amide bonds. The fourth-order valence-electron chi connectivity index (χ4n) is 4.87. The number of fused-ring (bicyclic) bond motifs is 1. The molecule has 2 aliphatic heterocycles. The first-order chi connectivity index (χ1) is 16.4. The molecule has 4 rings (SSSR count). The number of methoxy groups -OCH3 is 1. The second kappa shape index (κ2) is 9.52. The highest BCUT2D eigenvalue weighted by molar-refractivity contribution is 8.00. The largest absolute Gasteiger partial charge is 0.496 e. The Bertz CT molecular complexity index is 1110. The number of amides is 2. The summed E-state index contributed by atoms with van der Waals surface area (Å²) in [6, 6.07) is 7.99. The number of hydrogen-bond acceptors (Lipinski definition) is 5. The van der Waals surface area contributed by atoms with E-state index in [9.17, 15) is 9.59 Å². The third-order valence-corrected chi connectivity index (χ3v) is 7.84. The fourth-order valence-corrected chi connectivity index (χ4v) is 6.09. The maximum Gasteiger partial charge on any atom is 0.242 e. The van der Waals surface area contributed by atoms with Gasteiger partial charge in [-0.2, -0.15) is 5.10 Å². The average Bonchev–Trinajstić information content (AvgIpc) is 3.43. The predicted molar refractivity (Wildman–Crippen MR) is 141 cm³/mol. The van der Waals surface area contributed by atoms with Gasteiger partial charge in [0.1, 0.15) is 18.1 Å². The quantitative estimate of drug-likeness (QED) is 0.609. The molecule has 0 spiro atoms. The molecular formula is C27H38N4O3S. The highest BCUT2D eigenvalue weighted by Gasteiger charge is 2.42. The zero-order valence-corrected chi connectivity index (χ0v) is 22.9. The summed E-state index contributed by atoms with van der Waals surface area (Å²) >= 11 is 1.59. The average molecular weight is 499 g/mol. The van der Waals surface area contributed by atoms with E-state index >= 15 is 0 Å². The maximum absolute atomic E-state index is 13.7. The molecular weight excluding hydrogens is 460 g/mol. The van der Waals surface area contributed by atoms with Crippen molar-refractivity contribution in [3.63, 3.8) is 0 Å². The van der Waals surface area contributed by atoms with E-state index in [1.165, 1.54) is 0 Å². The molecule has 35 heavy (non-hydrogen) atoms. The molecule has 0 radical (unpaired) electrons. The number of carbonyl (C=O) groups excluding carboxylic acids is 2. The van der Waals surface area contributed by atoms with E-state index in [1.807, 2.05) is 27.8 Å². The molecule has 7 nitrogen and oxygen atoms in total. The van der Waals surface area contributed by atoms with Gasteiger partial charge in [0.05, 0.1) is 29.3 Å². The molecule has 0 aliphatic carbocycles. The smallest absolute Gasteiger partial charge is 0.242 e. The molecule has 1 saturated heterocycles. The molecule has 1 atom stereocenters. The second-order valence-electron chi connectivity index (χ2n) is 11.4. The van der Waals surface area contributed by atoms with E-state index in [-0.39, 0.29) is 40.3 Å². The summed E-state index contributed by atoms with van der Waals surface area (Å²) in [7, 11) is 1.68. The number of rotatable bonds is 4. The lowest BCUT2D eigenvalue weighted by Crippen LogP contribution is -2.44. The molecule has 1 aromatic carbocycles. The van der Waals surface area contributed by atoms with Gasteiger partial charge in [0.2, 0.25) is 11.8 Å². The summed E-state index contributed by atoms with van der Waals surface area (Å²) in [6.07, 6.45) is 2.04. The van der Waals surface area contributed by atoms with Gasteiger partial charge < -0.3 is 9.64 Å². The van der Waals surface area contributed by atoms with Crippen molar-refractivity contribution in [2.24, 2.45) is 0 Å². The zero-order valence-electron chi connectivity index (χ0n) is 22.1. The van der Waals surface area contributed by atoms with Gasteiger partial charge in [-0.25, -0.2) is 4.68 Å². The summed E-state index contributed by atoms with van der Waals surface area (Å²) in [5, 5.41) is 4.99. The Morgan fingerprint density at radius 3 is 2.37 bits per heavy atom. The normalized spacial score (nSPS) is 19.1. The molecule has 0 N–H and O–H groups in total. The van der Waals surface area contributed by atoms with Crippen LogP contribution in [0.5, 0.6) is 5.75 Å². The van der Waals surface area contributed by atoms with Crippen molar-refractivity contribution < 1.29 is 14.3 Å². The van der Waals surface area contributed by atoms with Crippen molar-refractivity contribution in [2.75, 3.05) is 37.4 Å². The van der Waals surface area contributed by atoms with Gasteiger partial charge in [-0.05, 0) is 39.7 Å². The highest BCUT2D eigenvalue weighted by Crippen LogP contribution is 2.50. The van der Waals surface area contributed by atoms with Crippen LogP contribution in [0, 0.1) is 0 Å². The van der Waals surface area contributed by atoms with Crippen molar-refractivity contribution in [3.05, 3.63) is 41.1 Å². The van der Waals surface area contributed by atoms with Crippen molar-refractivity contribution in [1.82, 2.24) is 14.7 Å². The molecule has 0 bridgehead atoms. The number of para-hydroxylation sites is 1. The van der Waals surface area contributed by atoms with Gasteiger partial charge in [0.25, 0.3) is 0 Å². The number of aromatic nitrogens is 2.